The van der Waals surface area contributed by atoms with Crippen molar-refractivity contribution in [2.24, 2.45) is 5.92 Å². The molecule has 1 aromatic rings. The van der Waals surface area contributed by atoms with Crippen LogP contribution in [0.4, 0.5) is 11.5 Å². The second-order valence-electron chi connectivity index (χ2n) is 4.90. The number of aromatic nitrogens is 2. The standard InChI is InChI=1S/C12H17ClN4O2/c1-2-8-4-3-5-9(6-8)16-12-10(17(18)19)11(13)14-7-15-12/h7-9H,2-6H2,1H3,(H,14,15,16). The summed E-state index contributed by atoms with van der Waals surface area (Å²) in [7, 11) is 0. The SMILES string of the molecule is CCC1CCCC(Nc2ncnc(Cl)c2[N+](=O)[O-])C1. The zero-order chi connectivity index (χ0) is 13.8. The fourth-order valence-corrected chi connectivity index (χ4v) is 2.81. The monoisotopic (exact) mass is 284 g/mol. The van der Waals surface area contributed by atoms with E-state index in [2.05, 4.69) is 22.2 Å². The highest BCUT2D eigenvalue weighted by molar-refractivity contribution is 6.31. The molecule has 1 saturated carbocycles. The number of anilines is 1. The molecule has 1 heterocycles. The maximum absolute atomic E-state index is 11.0. The molecule has 0 saturated heterocycles. The van der Waals surface area contributed by atoms with Gasteiger partial charge in [-0.15, -0.1) is 0 Å². The summed E-state index contributed by atoms with van der Waals surface area (Å²) >= 11 is 5.77. The largest absolute Gasteiger partial charge is 0.361 e. The van der Waals surface area contributed by atoms with Crippen LogP contribution >= 0.6 is 11.6 Å². The van der Waals surface area contributed by atoms with E-state index in [1.165, 1.54) is 12.7 Å². The van der Waals surface area contributed by atoms with Gasteiger partial charge in [0.15, 0.2) is 0 Å². The second kappa shape index (κ2) is 6.14. The van der Waals surface area contributed by atoms with Crippen molar-refractivity contribution in [3.63, 3.8) is 0 Å². The average Bonchev–Trinajstić information content (AvgIpc) is 2.38. The van der Waals surface area contributed by atoms with Crippen molar-refractivity contribution < 1.29 is 4.92 Å². The topological polar surface area (TPSA) is 81.0 Å². The third-order valence-electron chi connectivity index (χ3n) is 3.66. The molecule has 0 aliphatic heterocycles. The van der Waals surface area contributed by atoms with Gasteiger partial charge in [-0.3, -0.25) is 10.1 Å². The van der Waals surface area contributed by atoms with Crippen molar-refractivity contribution in [3.8, 4) is 0 Å². The van der Waals surface area contributed by atoms with Crippen LogP contribution in [0.5, 0.6) is 0 Å². The van der Waals surface area contributed by atoms with E-state index in [9.17, 15) is 10.1 Å². The van der Waals surface area contributed by atoms with E-state index in [1.807, 2.05) is 0 Å². The third kappa shape index (κ3) is 3.32. The molecule has 104 valence electrons. The van der Waals surface area contributed by atoms with Crippen molar-refractivity contribution in [2.45, 2.75) is 45.1 Å². The predicted octanol–water partition coefficient (Wildman–Crippen LogP) is 3.42. The van der Waals surface area contributed by atoms with Crippen molar-refractivity contribution in [1.29, 1.82) is 0 Å². The van der Waals surface area contributed by atoms with Crippen molar-refractivity contribution >= 4 is 23.1 Å². The molecule has 7 heteroatoms. The third-order valence-corrected chi connectivity index (χ3v) is 3.94. The number of rotatable bonds is 4. The van der Waals surface area contributed by atoms with Gasteiger partial charge in [0.05, 0.1) is 4.92 Å². The zero-order valence-electron chi connectivity index (χ0n) is 10.8. The molecule has 6 nitrogen and oxygen atoms in total. The van der Waals surface area contributed by atoms with Gasteiger partial charge in [-0.1, -0.05) is 37.8 Å². The second-order valence-corrected chi connectivity index (χ2v) is 5.26. The van der Waals surface area contributed by atoms with Crippen LogP contribution in [0.2, 0.25) is 5.15 Å². The van der Waals surface area contributed by atoms with Crippen LogP contribution in [-0.4, -0.2) is 20.9 Å². The molecule has 0 aromatic carbocycles. The van der Waals surface area contributed by atoms with E-state index < -0.39 is 4.92 Å². The molecule has 1 aromatic heterocycles. The van der Waals surface area contributed by atoms with Crippen LogP contribution in [0.25, 0.3) is 0 Å². The average molecular weight is 285 g/mol. The quantitative estimate of drug-likeness (QED) is 0.520. The summed E-state index contributed by atoms with van der Waals surface area (Å²) in [6, 6.07) is 0.225. The molecule has 1 aliphatic carbocycles. The molecule has 2 unspecified atom stereocenters. The normalized spacial score (nSPS) is 23.1. The van der Waals surface area contributed by atoms with Gasteiger partial charge < -0.3 is 5.32 Å². The Morgan fingerprint density at radius 1 is 1.53 bits per heavy atom. The lowest BCUT2D eigenvalue weighted by atomic mass is 9.84. The molecule has 19 heavy (non-hydrogen) atoms. The minimum Gasteiger partial charge on any atom is -0.361 e. The molecular weight excluding hydrogens is 268 g/mol. The fourth-order valence-electron chi connectivity index (χ4n) is 2.61. The van der Waals surface area contributed by atoms with Gasteiger partial charge in [0.1, 0.15) is 6.33 Å². The molecule has 0 radical (unpaired) electrons. The predicted molar refractivity (Wildman–Crippen MR) is 73.4 cm³/mol. The summed E-state index contributed by atoms with van der Waals surface area (Å²) in [6.45, 7) is 2.18. The molecule has 1 N–H and O–H groups in total. The smallest absolute Gasteiger partial charge is 0.348 e. The number of nitrogens with one attached hydrogen (secondary N) is 1. The van der Waals surface area contributed by atoms with E-state index in [0.29, 0.717) is 5.92 Å². The Morgan fingerprint density at radius 2 is 2.32 bits per heavy atom. The van der Waals surface area contributed by atoms with Crippen LogP contribution in [0.3, 0.4) is 0 Å². The number of nitrogens with zero attached hydrogens (tertiary/aromatic N) is 3. The first kappa shape index (κ1) is 14.0. The van der Waals surface area contributed by atoms with Crippen LogP contribution in [0.1, 0.15) is 39.0 Å². The minimum atomic E-state index is -0.537. The van der Waals surface area contributed by atoms with E-state index in [1.54, 1.807) is 0 Å². The molecule has 2 atom stereocenters. The Hall–Kier alpha value is -1.43. The Morgan fingerprint density at radius 3 is 3.00 bits per heavy atom. The highest BCUT2D eigenvalue weighted by Gasteiger charge is 2.26. The maximum atomic E-state index is 11.0. The number of halogens is 1. The summed E-state index contributed by atoms with van der Waals surface area (Å²) < 4.78 is 0. The summed E-state index contributed by atoms with van der Waals surface area (Å²) in [4.78, 5) is 18.1. The number of hydrogen-bond donors (Lipinski definition) is 1. The van der Waals surface area contributed by atoms with Gasteiger partial charge in [-0.2, -0.15) is 0 Å². The summed E-state index contributed by atoms with van der Waals surface area (Å²) in [5, 5.41) is 14.0. The molecule has 1 fully saturated rings. The zero-order valence-corrected chi connectivity index (χ0v) is 11.6. The molecule has 1 aliphatic rings. The van der Waals surface area contributed by atoms with E-state index >= 15 is 0 Å². The molecule has 2 rings (SSSR count). The van der Waals surface area contributed by atoms with Gasteiger partial charge in [-0.25, -0.2) is 9.97 Å². The summed E-state index contributed by atoms with van der Waals surface area (Å²) in [6.07, 6.45) is 6.80. The number of nitro groups is 1. The van der Waals surface area contributed by atoms with Crippen LogP contribution < -0.4 is 5.32 Å². The molecule has 0 amide bonds. The fraction of sp³-hybridized carbons (Fsp3) is 0.667. The van der Waals surface area contributed by atoms with Crippen molar-refractivity contribution in [1.82, 2.24) is 9.97 Å². The Bertz CT molecular complexity index is 469. The Labute approximate surface area is 116 Å². The minimum absolute atomic E-state index is 0.120. The van der Waals surface area contributed by atoms with Crippen LogP contribution in [0.15, 0.2) is 6.33 Å². The first-order valence-electron chi connectivity index (χ1n) is 6.53. The van der Waals surface area contributed by atoms with Crippen LogP contribution in [0, 0.1) is 16.0 Å². The van der Waals surface area contributed by atoms with Gasteiger partial charge in [0.25, 0.3) is 0 Å². The van der Waals surface area contributed by atoms with Crippen molar-refractivity contribution in [2.75, 3.05) is 5.32 Å². The highest BCUT2D eigenvalue weighted by atomic mass is 35.5. The number of hydrogen-bond acceptors (Lipinski definition) is 5. The molecular formula is C12H17ClN4O2. The highest BCUT2D eigenvalue weighted by Crippen LogP contribution is 2.32. The first-order valence-corrected chi connectivity index (χ1v) is 6.91. The Kier molecular flexibility index (Phi) is 4.52. The maximum Gasteiger partial charge on any atom is 0.348 e. The summed E-state index contributed by atoms with van der Waals surface area (Å²) in [5.41, 5.74) is -0.234. The van der Waals surface area contributed by atoms with Gasteiger partial charge in [-0.05, 0) is 18.8 Å². The molecule has 0 bridgehead atoms. The Balaban J connectivity index is 2.14. The van der Waals surface area contributed by atoms with Crippen LogP contribution in [-0.2, 0) is 0 Å². The lowest BCUT2D eigenvalue weighted by Gasteiger charge is -2.29. The lowest BCUT2D eigenvalue weighted by Crippen LogP contribution is -2.27. The van der Waals surface area contributed by atoms with E-state index in [4.69, 9.17) is 11.6 Å². The van der Waals surface area contributed by atoms with Gasteiger partial charge in [0, 0.05) is 6.04 Å². The molecule has 0 spiro atoms. The van der Waals surface area contributed by atoms with Gasteiger partial charge >= 0.3 is 5.69 Å². The summed E-state index contributed by atoms with van der Waals surface area (Å²) in [5.74, 6) is 0.911. The first-order chi connectivity index (χ1) is 9.11. The van der Waals surface area contributed by atoms with E-state index in [-0.39, 0.29) is 22.7 Å². The lowest BCUT2D eigenvalue weighted by molar-refractivity contribution is -0.384. The van der Waals surface area contributed by atoms with E-state index in [0.717, 1.165) is 25.7 Å². The van der Waals surface area contributed by atoms with Gasteiger partial charge in [0.2, 0.25) is 11.0 Å². The van der Waals surface area contributed by atoms with Crippen molar-refractivity contribution in [3.05, 3.63) is 21.6 Å².